The van der Waals surface area contributed by atoms with Gasteiger partial charge in [-0.15, -0.1) is 0 Å². The summed E-state index contributed by atoms with van der Waals surface area (Å²) in [6, 6.07) is 4.07. The second-order valence-corrected chi connectivity index (χ2v) is 6.26. The van der Waals surface area contributed by atoms with Gasteiger partial charge in [-0.3, -0.25) is 0 Å². The Kier molecular flexibility index (Phi) is 3.47. The minimum absolute atomic E-state index is 0.383. The van der Waals surface area contributed by atoms with Crippen LogP contribution in [0, 0.1) is 11.8 Å². The SMILES string of the molecule is CC1CC1c1ccc(C(O)C2CCCCCC2)o1. The summed E-state index contributed by atoms with van der Waals surface area (Å²) in [6.07, 6.45) is 8.33. The minimum Gasteiger partial charge on any atom is -0.463 e. The van der Waals surface area contributed by atoms with Crippen LogP contribution in [0.3, 0.4) is 0 Å². The van der Waals surface area contributed by atoms with Gasteiger partial charge in [0.25, 0.3) is 0 Å². The van der Waals surface area contributed by atoms with Crippen molar-refractivity contribution in [1.29, 1.82) is 0 Å². The van der Waals surface area contributed by atoms with Gasteiger partial charge >= 0.3 is 0 Å². The zero-order chi connectivity index (χ0) is 12.5. The van der Waals surface area contributed by atoms with Crippen LogP contribution >= 0.6 is 0 Å². The average molecular weight is 248 g/mol. The Labute approximate surface area is 109 Å². The summed E-state index contributed by atoms with van der Waals surface area (Å²) >= 11 is 0. The molecule has 0 spiro atoms. The predicted octanol–water partition coefficient (Wildman–Crippen LogP) is 4.41. The smallest absolute Gasteiger partial charge is 0.132 e. The molecule has 2 saturated carbocycles. The van der Waals surface area contributed by atoms with Crippen LogP contribution in [0.25, 0.3) is 0 Å². The van der Waals surface area contributed by atoms with Gasteiger partial charge in [-0.1, -0.05) is 32.6 Å². The first-order valence-electron chi connectivity index (χ1n) is 7.53. The molecule has 1 heterocycles. The molecule has 3 rings (SSSR count). The van der Waals surface area contributed by atoms with Crippen molar-refractivity contribution in [3.05, 3.63) is 23.7 Å². The van der Waals surface area contributed by atoms with Crippen molar-refractivity contribution >= 4 is 0 Å². The molecular weight excluding hydrogens is 224 g/mol. The lowest BCUT2D eigenvalue weighted by atomic mass is 9.93. The van der Waals surface area contributed by atoms with Gasteiger partial charge in [0.1, 0.15) is 17.6 Å². The van der Waals surface area contributed by atoms with Gasteiger partial charge in [0.2, 0.25) is 0 Å². The van der Waals surface area contributed by atoms with Crippen molar-refractivity contribution < 1.29 is 9.52 Å². The van der Waals surface area contributed by atoms with Gasteiger partial charge in [0.15, 0.2) is 0 Å². The maximum absolute atomic E-state index is 10.5. The topological polar surface area (TPSA) is 33.4 Å². The summed E-state index contributed by atoms with van der Waals surface area (Å²) in [7, 11) is 0. The van der Waals surface area contributed by atoms with Crippen LogP contribution < -0.4 is 0 Å². The van der Waals surface area contributed by atoms with Crippen LogP contribution in [-0.4, -0.2) is 5.11 Å². The summed E-state index contributed by atoms with van der Waals surface area (Å²) in [6.45, 7) is 2.26. The second-order valence-electron chi connectivity index (χ2n) is 6.26. The van der Waals surface area contributed by atoms with Gasteiger partial charge in [-0.25, -0.2) is 0 Å². The van der Waals surface area contributed by atoms with E-state index in [-0.39, 0.29) is 6.10 Å². The molecule has 0 bridgehead atoms. The first kappa shape index (κ1) is 12.3. The zero-order valence-corrected chi connectivity index (χ0v) is 11.3. The Morgan fingerprint density at radius 3 is 2.44 bits per heavy atom. The van der Waals surface area contributed by atoms with Crippen LogP contribution in [0.1, 0.15) is 75.4 Å². The van der Waals surface area contributed by atoms with Crippen molar-refractivity contribution in [2.75, 3.05) is 0 Å². The minimum atomic E-state index is -0.383. The lowest BCUT2D eigenvalue weighted by Crippen LogP contribution is -2.11. The van der Waals surface area contributed by atoms with E-state index in [0.717, 1.165) is 30.3 Å². The van der Waals surface area contributed by atoms with Gasteiger partial charge in [0.05, 0.1) is 0 Å². The largest absolute Gasteiger partial charge is 0.463 e. The van der Waals surface area contributed by atoms with E-state index in [1.165, 1.54) is 32.1 Å². The van der Waals surface area contributed by atoms with E-state index in [1.54, 1.807) is 0 Å². The molecular formula is C16H24O2. The Morgan fingerprint density at radius 2 is 1.83 bits per heavy atom. The summed E-state index contributed by atoms with van der Waals surface area (Å²) in [5, 5.41) is 10.5. The zero-order valence-electron chi connectivity index (χ0n) is 11.3. The monoisotopic (exact) mass is 248 g/mol. The molecule has 1 aromatic rings. The third-order valence-electron chi connectivity index (χ3n) is 4.76. The van der Waals surface area contributed by atoms with Crippen molar-refractivity contribution in [2.45, 2.75) is 63.9 Å². The molecule has 0 aromatic carbocycles. The number of furan rings is 1. The molecule has 18 heavy (non-hydrogen) atoms. The average Bonchev–Trinajstić information content (AvgIpc) is 3.00. The van der Waals surface area contributed by atoms with Crippen LogP contribution in [0.2, 0.25) is 0 Å². The third-order valence-corrected chi connectivity index (χ3v) is 4.76. The quantitative estimate of drug-likeness (QED) is 0.804. The third kappa shape index (κ3) is 2.49. The highest BCUT2D eigenvalue weighted by Gasteiger charge is 2.37. The Balaban J connectivity index is 1.67. The molecule has 0 saturated heterocycles. The Hall–Kier alpha value is -0.760. The highest BCUT2D eigenvalue weighted by Crippen LogP contribution is 2.48. The van der Waals surface area contributed by atoms with Crippen LogP contribution in [0.5, 0.6) is 0 Å². The van der Waals surface area contributed by atoms with Crippen LogP contribution in [-0.2, 0) is 0 Å². The fourth-order valence-electron chi connectivity index (χ4n) is 3.30. The molecule has 0 amide bonds. The summed E-state index contributed by atoms with van der Waals surface area (Å²) in [4.78, 5) is 0. The summed E-state index contributed by atoms with van der Waals surface area (Å²) in [5.41, 5.74) is 0. The summed E-state index contributed by atoms with van der Waals surface area (Å²) < 4.78 is 5.88. The normalized spacial score (nSPS) is 31.0. The molecule has 1 aromatic heterocycles. The number of hydrogen-bond acceptors (Lipinski definition) is 2. The lowest BCUT2D eigenvalue weighted by Gasteiger charge is -2.19. The maximum atomic E-state index is 10.5. The molecule has 2 fully saturated rings. The number of aliphatic hydroxyl groups is 1. The molecule has 0 aliphatic heterocycles. The van der Waals surface area contributed by atoms with E-state index in [1.807, 2.05) is 6.07 Å². The highest BCUT2D eigenvalue weighted by molar-refractivity contribution is 5.19. The molecule has 2 nitrogen and oxygen atoms in total. The van der Waals surface area contributed by atoms with E-state index in [0.29, 0.717) is 11.8 Å². The first-order chi connectivity index (χ1) is 8.75. The summed E-state index contributed by atoms with van der Waals surface area (Å²) in [5.74, 6) is 3.67. The number of hydrogen-bond donors (Lipinski definition) is 1. The molecule has 2 aliphatic rings. The second kappa shape index (κ2) is 5.08. The lowest BCUT2D eigenvalue weighted by molar-refractivity contribution is 0.0762. The highest BCUT2D eigenvalue weighted by atomic mass is 16.4. The number of aliphatic hydroxyl groups excluding tert-OH is 1. The number of rotatable bonds is 3. The fourth-order valence-corrected chi connectivity index (χ4v) is 3.30. The molecule has 3 atom stereocenters. The molecule has 3 unspecified atom stereocenters. The Bertz CT molecular complexity index is 388. The standard InChI is InChI=1S/C16H24O2/c1-11-10-13(11)14-8-9-15(18-14)16(17)12-6-4-2-3-5-7-12/h8-9,11-13,16-17H,2-7,10H2,1H3. The van der Waals surface area contributed by atoms with E-state index in [2.05, 4.69) is 13.0 Å². The first-order valence-corrected chi connectivity index (χ1v) is 7.53. The van der Waals surface area contributed by atoms with Crippen molar-refractivity contribution in [1.82, 2.24) is 0 Å². The van der Waals surface area contributed by atoms with Crippen molar-refractivity contribution in [2.24, 2.45) is 11.8 Å². The maximum Gasteiger partial charge on any atom is 0.132 e. The Morgan fingerprint density at radius 1 is 1.17 bits per heavy atom. The van der Waals surface area contributed by atoms with E-state index in [4.69, 9.17) is 4.42 Å². The van der Waals surface area contributed by atoms with Gasteiger partial charge in [-0.2, -0.15) is 0 Å². The van der Waals surface area contributed by atoms with Crippen LogP contribution in [0.4, 0.5) is 0 Å². The van der Waals surface area contributed by atoms with E-state index < -0.39 is 0 Å². The van der Waals surface area contributed by atoms with Gasteiger partial charge in [-0.05, 0) is 43.2 Å². The fraction of sp³-hybridized carbons (Fsp3) is 0.750. The van der Waals surface area contributed by atoms with Gasteiger partial charge < -0.3 is 9.52 Å². The van der Waals surface area contributed by atoms with Crippen molar-refractivity contribution in [3.8, 4) is 0 Å². The molecule has 100 valence electrons. The van der Waals surface area contributed by atoms with Crippen molar-refractivity contribution in [3.63, 3.8) is 0 Å². The molecule has 2 heteroatoms. The van der Waals surface area contributed by atoms with Crippen LogP contribution in [0.15, 0.2) is 16.5 Å². The molecule has 1 N–H and O–H groups in total. The van der Waals surface area contributed by atoms with E-state index >= 15 is 0 Å². The molecule has 2 aliphatic carbocycles. The van der Waals surface area contributed by atoms with Gasteiger partial charge in [0, 0.05) is 5.92 Å². The van der Waals surface area contributed by atoms with E-state index in [9.17, 15) is 5.11 Å². The molecule has 0 radical (unpaired) electrons. The predicted molar refractivity (Wildman–Crippen MR) is 71.4 cm³/mol.